The zero-order valence-electron chi connectivity index (χ0n) is 16.6. The summed E-state index contributed by atoms with van der Waals surface area (Å²) in [6.07, 6.45) is 2.40. The van der Waals surface area contributed by atoms with E-state index in [2.05, 4.69) is 4.90 Å². The molecule has 0 spiro atoms. The first-order valence-corrected chi connectivity index (χ1v) is 9.92. The number of piperidine rings is 1. The lowest BCUT2D eigenvalue weighted by molar-refractivity contribution is -0.149. The molecule has 6 heteroatoms. The first kappa shape index (κ1) is 19.0. The van der Waals surface area contributed by atoms with Gasteiger partial charge in [-0.3, -0.25) is 4.90 Å². The molecule has 2 fully saturated rings. The molecule has 1 saturated heterocycles. The topological polar surface area (TPSA) is 51.2 Å². The highest BCUT2D eigenvalue weighted by molar-refractivity contribution is 5.51. The Kier molecular flexibility index (Phi) is 4.85. The summed E-state index contributed by atoms with van der Waals surface area (Å²) in [5.74, 6) is 0.401. The molecule has 2 heterocycles. The Balaban J connectivity index is 1.62. The van der Waals surface area contributed by atoms with Gasteiger partial charge in [0.1, 0.15) is 0 Å². The Morgan fingerprint density at radius 2 is 2.00 bits per heavy atom. The maximum atomic E-state index is 15.2. The lowest BCUT2D eigenvalue weighted by Crippen LogP contribution is -2.53. The van der Waals surface area contributed by atoms with Crippen LogP contribution in [0, 0.1) is 5.82 Å². The monoisotopic (exact) mass is 379 g/mol. The van der Waals surface area contributed by atoms with E-state index in [0.29, 0.717) is 30.7 Å². The van der Waals surface area contributed by atoms with E-state index in [1.165, 1.54) is 0 Å². The second kappa shape index (κ2) is 6.90. The lowest BCUT2D eigenvalue weighted by Gasteiger charge is -2.46. The fraction of sp³-hybridized carbons (Fsp3) is 0.714. The van der Waals surface area contributed by atoms with Gasteiger partial charge < -0.3 is 19.3 Å². The molecule has 0 amide bonds. The third-order valence-corrected chi connectivity index (χ3v) is 5.61. The van der Waals surface area contributed by atoms with Crippen molar-refractivity contribution >= 4 is 0 Å². The summed E-state index contributed by atoms with van der Waals surface area (Å²) >= 11 is 0. The number of benzene rings is 1. The number of nitrogens with zero attached hydrogens (tertiary/aromatic N) is 1. The van der Waals surface area contributed by atoms with Crippen molar-refractivity contribution in [3.05, 3.63) is 23.0 Å². The predicted molar refractivity (Wildman–Crippen MR) is 99.9 cm³/mol. The number of methoxy groups -OCH3 is 1. The largest absolute Gasteiger partial charge is 0.493 e. The third kappa shape index (κ3) is 3.80. The first-order chi connectivity index (χ1) is 12.8. The average molecular weight is 379 g/mol. The van der Waals surface area contributed by atoms with Crippen LogP contribution in [0.15, 0.2) is 6.07 Å². The van der Waals surface area contributed by atoms with Crippen LogP contribution in [-0.2, 0) is 11.2 Å². The summed E-state index contributed by atoms with van der Waals surface area (Å²) in [7, 11) is 1.55. The molecule has 0 radical (unpaired) electrons. The van der Waals surface area contributed by atoms with Gasteiger partial charge in [0.2, 0.25) is 0 Å². The van der Waals surface area contributed by atoms with Crippen LogP contribution >= 0.6 is 0 Å². The van der Waals surface area contributed by atoms with Gasteiger partial charge in [0.15, 0.2) is 17.3 Å². The van der Waals surface area contributed by atoms with E-state index in [4.69, 9.17) is 14.2 Å². The Labute approximate surface area is 160 Å². The number of halogens is 1. The zero-order valence-corrected chi connectivity index (χ0v) is 16.6. The highest BCUT2D eigenvalue weighted by Crippen LogP contribution is 2.45. The molecule has 2 aliphatic heterocycles. The number of fused-ring (bicyclic) bond motifs is 3. The van der Waals surface area contributed by atoms with Crippen molar-refractivity contribution < 1.29 is 23.7 Å². The van der Waals surface area contributed by atoms with Crippen LogP contribution in [0.5, 0.6) is 11.5 Å². The molecule has 27 heavy (non-hydrogen) atoms. The van der Waals surface area contributed by atoms with E-state index in [1.54, 1.807) is 7.11 Å². The van der Waals surface area contributed by atoms with Crippen molar-refractivity contribution in [3.63, 3.8) is 0 Å². The standard InChI is InChI=1S/C21H30FNO4/c1-21(2,3)27-18-11-23-8-7-13-14(15(23)10-16(18)24)9-17(25-4)20(19(13)22)26-12-5-6-12/h9,12,15-16,18,24H,5-8,10-11H2,1-4H3/t15-,16-,18-/m1/s1. The highest BCUT2D eigenvalue weighted by atomic mass is 19.1. The van der Waals surface area contributed by atoms with E-state index in [9.17, 15) is 5.11 Å². The molecule has 1 aromatic carbocycles. The van der Waals surface area contributed by atoms with Crippen molar-refractivity contribution in [2.24, 2.45) is 0 Å². The average Bonchev–Trinajstić information content (AvgIpc) is 3.40. The first-order valence-electron chi connectivity index (χ1n) is 9.92. The normalized spacial score (nSPS) is 28.4. The summed E-state index contributed by atoms with van der Waals surface area (Å²) in [6.45, 7) is 7.39. The van der Waals surface area contributed by atoms with Gasteiger partial charge in [-0.25, -0.2) is 4.39 Å². The minimum absolute atomic E-state index is 0.0260. The molecule has 3 atom stereocenters. The number of ether oxygens (including phenoxy) is 3. The molecular formula is C21H30FNO4. The minimum Gasteiger partial charge on any atom is -0.493 e. The fourth-order valence-corrected chi connectivity index (χ4v) is 4.24. The molecule has 3 aliphatic rings. The van der Waals surface area contributed by atoms with Gasteiger partial charge in [-0.2, -0.15) is 0 Å². The van der Waals surface area contributed by atoms with Crippen LogP contribution in [0.2, 0.25) is 0 Å². The molecule has 4 rings (SSSR count). The van der Waals surface area contributed by atoms with E-state index in [1.807, 2.05) is 26.8 Å². The van der Waals surface area contributed by atoms with Crippen molar-refractivity contribution in [2.45, 2.75) is 76.4 Å². The number of hydrogen-bond acceptors (Lipinski definition) is 5. The van der Waals surface area contributed by atoms with Gasteiger partial charge in [0.25, 0.3) is 0 Å². The minimum atomic E-state index is -0.576. The summed E-state index contributed by atoms with van der Waals surface area (Å²) in [6, 6.07) is 1.88. The molecule has 150 valence electrons. The maximum Gasteiger partial charge on any atom is 0.197 e. The van der Waals surface area contributed by atoms with Crippen molar-refractivity contribution in [2.75, 3.05) is 20.2 Å². The maximum absolute atomic E-state index is 15.2. The van der Waals surface area contributed by atoms with Gasteiger partial charge in [-0.1, -0.05) is 0 Å². The van der Waals surface area contributed by atoms with Crippen LogP contribution in [0.4, 0.5) is 4.39 Å². The van der Waals surface area contributed by atoms with E-state index in [-0.39, 0.29) is 35.4 Å². The third-order valence-electron chi connectivity index (χ3n) is 5.61. The summed E-state index contributed by atoms with van der Waals surface area (Å²) < 4.78 is 32.5. The van der Waals surface area contributed by atoms with Crippen LogP contribution in [0.25, 0.3) is 0 Å². The van der Waals surface area contributed by atoms with Gasteiger partial charge in [0.05, 0.1) is 31.0 Å². The number of rotatable bonds is 4. The molecule has 1 aromatic rings. The van der Waals surface area contributed by atoms with Crippen molar-refractivity contribution in [1.29, 1.82) is 0 Å². The van der Waals surface area contributed by atoms with Gasteiger partial charge in [-0.15, -0.1) is 0 Å². The summed E-state index contributed by atoms with van der Waals surface area (Å²) in [5, 5.41) is 10.7. The van der Waals surface area contributed by atoms with Gasteiger partial charge in [0, 0.05) is 19.1 Å². The number of hydrogen-bond donors (Lipinski definition) is 1. The SMILES string of the molecule is COc1cc2c(c(F)c1OC1CC1)CCN1C[C@@H](OC(C)(C)C)[C@H](O)C[C@H]21. The Morgan fingerprint density at radius 3 is 2.63 bits per heavy atom. The Bertz CT molecular complexity index is 713. The van der Waals surface area contributed by atoms with Gasteiger partial charge in [-0.05, 0) is 63.6 Å². The second-order valence-electron chi connectivity index (χ2n) is 8.94. The highest BCUT2D eigenvalue weighted by Gasteiger charge is 2.42. The number of aliphatic hydroxyl groups excluding tert-OH is 1. The summed E-state index contributed by atoms with van der Waals surface area (Å²) in [4.78, 5) is 2.30. The molecule has 1 N–H and O–H groups in total. The predicted octanol–water partition coefficient (Wildman–Crippen LogP) is 3.22. The van der Waals surface area contributed by atoms with Crippen molar-refractivity contribution in [3.8, 4) is 11.5 Å². The van der Waals surface area contributed by atoms with Crippen LogP contribution in [0.3, 0.4) is 0 Å². The lowest BCUT2D eigenvalue weighted by atomic mass is 9.84. The molecule has 0 bridgehead atoms. The Morgan fingerprint density at radius 1 is 1.26 bits per heavy atom. The van der Waals surface area contributed by atoms with Crippen molar-refractivity contribution in [1.82, 2.24) is 4.90 Å². The van der Waals surface area contributed by atoms with Crippen LogP contribution < -0.4 is 9.47 Å². The molecule has 5 nitrogen and oxygen atoms in total. The number of aliphatic hydroxyl groups is 1. The fourth-order valence-electron chi connectivity index (χ4n) is 4.24. The summed E-state index contributed by atoms with van der Waals surface area (Å²) in [5.41, 5.74) is 1.30. The van der Waals surface area contributed by atoms with Crippen LogP contribution in [-0.4, -0.2) is 54.1 Å². The van der Waals surface area contributed by atoms with Gasteiger partial charge >= 0.3 is 0 Å². The van der Waals surface area contributed by atoms with E-state index in [0.717, 1.165) is 24.9 Å². The molecule has 0 unspecified atom stereocenters. The van der Waals surface area contributed by atoms with E-state index < -0.39 is 6.10 Å². The molecule has 1 saturated carbocycles. The zero-order chi connectivity index (χ0) is 19.3. The smallest absolute Gasteiger partial charge is 0.197 e. The molecule has 0 aromatic heterocycles. The van der Waals surface area contributed by atoms with E-state index >= 15 is 4.39 Å². The molecular weight excluding hydrogens is 349 g/mol. The quantitative estimate of drug-likeness (QED) is 0.871. The Hall–Kier alpha value is -1.37. The molecule has 1 aliphatic carbocycles. The van der Waals surface area contributed by atoms with Crippen LogP contribution in [0.1, 0.15) is 57.2 Å². The second-order valence-corrected chi connectivity index (χ2v) is 8.94.